The van der Waals surface area contributed by atoms with Gasteiger partial charge in [0.2, 0.25) is 0 Å². The van der Waals surface area contributed by atoms with E-state index in [1.807, 2.05) is 42.9 Å². The van der Waals surface area contributed by atoms with Crippen LogP contribution in [-0.4, -0.2) is 22.4 Å². The number of hydrogen-bond donors (Lipinski definition) is 2. The van der Waals surface area contributed by atoms with Gasteiger partial charge in [0.05, 0.1) is 30.2 Å². The maximum Gasteiger partial charge on any atom is 0.319 e. The average Bonchev–Trinajstić information content (AvgIpc) is 3.08. The van der Waals surface area contributed by atoms with E-state index in [4.69, 9.17) is 4.74 Å². The van der Waals surface area contributed by atoms with E-state index in [2.05, 4.69) is 15.7 Å². The third kappa shape index (κ3) is 3.31. The van der Waals surface area contributed by atoms with Gasteiger partial charge in [-0.05, 0) is 43.9 Å². The fourth-order valence-electron chi connectivity index (χ4n) is 2.99. The number of hydrogen-bond acceptors (Lipinski definition) is 3. The van der Waals surface area contributed by atoms with E-state index >= 15 is 0 Å². The molecule has 1 heterocycles. The molecule has 2 aromatic rings. The smallest absolute Gasteiger partial charge is 0.319 e. The first-order valence-electron chi connectivity index (χ1n) is 7.99. The van der Waals surface area contributed by atoms with Crippen molar-refractivity contribution in [2.24, 2.45) is 7.05 Å². The molecule has 6 heteroatoms. The Bertz CT molecular complexity index is 709. The number of carbonyl (C=O) groups excluding carboxylic acids is 1. The van der Waals surface area contributed by atoms with Gasteiger partial charge in [-0.3, -0.25) is 4.68 Å². The molecule has 1 aliphatic carbocycles. The van der Waals surface area contributed by atoms with Crippen molar-refractivity contribution < 1.29 is 9.53 Å². The summed E-state index contributed by atoms with van der Waals surface area (Å²) in [4.78, 5) is 12.2. The normalized spacial score (nSPS) is 12.8. The average molecular weight is 314 g/mol. The summed E-state index contributed by atoms with van der Waals surface area (Å²) in [6.45, 7) is 2.95. The van der Waals surface area contributed by atoms with Gasteiger partial charge < -0.3 is 15.4 Å². The van der Waals surface area contributed by atoms with Crippen molar-refractivity contribution >= 4 is 11.7 Å². The fraction of sp³-hybridized carbons (Fsp3) is 0.412. The maximum atomic E-state index is 12.2. The van der Waals surface area contributed by atoms with E-state index in [1.165, 1.54) is 11.3 Å². The summed E-state index contributed by atoms with van der Waals surface area (Å²) in [5, 5.41) is 10.3. The number of benzene rings is 1. The van der Waals surface area contributed by atoms with Gasteiger partial charge in [-0.2, -0.15) is 5.10 Å². The third-order valence-corrected chi connectivity index (χ3v) is 4.05. The zero-order valence-corrected chi connectivity index (χ0v) is 13.6. The topological polar surface area (TPSA) is 68.2 Å². The van der Waals surface area contributed by atoms with Gasteiger partial charge in [0.15, 0.2) is 0 Å². The van der Waals surface area contributed by atoms with Gasteiger partial charge in [-0.25, -0.2) is 4.79 Å². The summed E-state index contributed by atoms with van der Waals surface area (Å²) >= 11 is 0. The van der Waals surface area contributed by atoms with Gasteiger partial charge in [0, 0.05) is 7.05 Å². The van der Waals surface area contributed by atoms with Crippen LogP contribution in [-0.2, 0) is 26.4 Å². The van der Waals surface area contributed by atoms with Crippen molar-refractivity contribution in [3.63, 3.8) is 0 Å². The van der Waals surface area contributed by atoms with Gasteiger partial charge in [-0.15, -0.1) is 0 Å². The molecule has 0 spiro atoms. The van der Waals surface area contributed by atoms with Crippen LogP contribution in [0.5, 0.6) is 5.75 Å². The molecule has 1 aromatic heterocycles. The molecule has 23 heavy (non-hydrogen) atoms. The molecule has 0 saturated heterocycles. The first-order chi connectivity index (χ1) is 11.2. The maximum absolute atomic E-state index is 12.2. The second-order valence-electron chi connectivity index (χ2n) is 5.59. The van der Waals surface area contributed by atoms with Gasteiger partial charge >= 0.3 is 6.03 Å². The highest BCUT2D eigenvalue weighted by molar-refractivity contribution is 5.90. The Morgan fingerprint density at radius 3 is 3.00 bits per heavy atom. The van der Waals surface area contributed by atoms with E-state index in [0.717, 1.165) is 25.0 Å². The molecule has 1 aliphatic rings. The Morgan fingerprint density at radius 2 is 2.17 bits per heavy atom. The molecule has 2 amide bonds. The van der Waals surface area contributed by atoms with Gasteiger partial charge in [0.25, 0.3) is 0 Å². The fourth-order valence-corrected chi connectivity index (χ4v) is 2.99. The number of para-hydroxylation sites is 2. The molecule has 0 saturated carbocycles. The summed E-state index contributed by atoms with van der Waals surface area (Å²) in [5.74, 6) is 0.673. The Labute approximate surface area is 135 Å². The molecular formula is C17H22N4O2. The number of carbonyl (C=O) groups is 1. The van der Waals surface area contributed by atoms with Crippen LogP contribution in [0.3, 0.4) is 0 Å². The molecule has 0 fully saturated rings. The van der Waals surface area contributed by atoms with Crippen LogP contribution in [0.1, 0.15) is 30.3 Å². The summed E-state index contributed by atoms with van der Waals surface area (Å²) in [6, 6.07) is 7.17. The predicted molar refractivity (Wildman–Crippen MR) is 88.7 cm³/mol. The number of nitrogens with one attached hydrogen (secondary N) is 2. The highest BCUT2D eigenvalue weighted by atomic mass is 16.5. The summed E-state index contributed by atoms with van der Waals surface area (Å²) in [6.07, 6.45) is 3.24. The Morgan fingerprint density at radius 1 is 1.35 bits per heavy atom. The molecule has 1 aromatic carbocycles. The van der Waals surface area contributed by atoms with Crippen molar-refractivity contribution in [2.75, 3.05) is 11.9 Å². The standard InChI is InChI=1S/C17H22N4O2/c1-3-23-16-10-5-4-8-14(16)19-17(22)18-11-15-12-7-6-9-13(12)20-21(15)2/h4-5,8,10H,3,6-7,9,11H2,1-2H3,(H2,18,19,22). The molecule has 3 rings (SSSR count). The summed E-state index contributed by atoms with van der Waals surface area (Å²) in [5.41, 5.74) is 4.22. The minimum absolute atomic E-state index is 0.245. The first-order valence-corrected chi connectivity index (χ1v) is 7.99. The number of urea groups is 1. The van der Waals surface area contributed by atoms with Crippen molar-refractivity contribution in [3.05, 3.63) is 41.2 Å². The van der Waals surface area contributed by atoms with E-state index in [9.17, 15) is 4.79 Å². The molecule has 0 atom stereocenters. The summed E-state index contributed by atoms with van der Waals surface area (Å²) < 4.78 is 7.38. The van der Waals surface area contributed by atoms with E-state index in [0.29, 0.717) is 24.6 Å². The van der Waals surface area contributed by atoms with Crippen molar-refractivity contribution in [3.8, 4) is 5.75 Å². The van der Waals surface area contributed by atoms with Crippen LogP contribution < -0.4 is 15.4 Å². The van der Waals surface area contributed by atoms with Gasteiger partial charge in [-0.1, -0.05) is 12.1 Å². The van der Waals surface area contributed by atoms with E-state index in [-0.39, 0.29) is 6.03 Å². The number of amides is 2. The second-order valence-corrected chi connectivity index (χ2v) is 5.59. The zero-order valence-electron chi connectivity index (χ0n) is 13.6. The monoisotopic (exact) mass is 314 g/mol. The molecule has 2 N–H and O–H groups in total. The SMILES string of the molecule is CCOc1ccccc1NC(=O)NCc1c2c(nn1C)CCC2. The van der Waals surface area contributed by atoms with E-state index in [1.54, 1.807) is 0 Å². The lowest BCUT2D eigenvalue weighted by molar-refractivity contribution is 0.251. The van der Waals surface area contributed by atoms with Crippen molar-refractivity contribution in [1.82, 2.24) is 15.1 Å². The lowest BCUT2D eigenvalue weighted by Gasteiger charge is -2.12. The number of rotatable bonds is 5. The van der Waals surface area contributed by atoms with Crippen LogP contribution in [0.15, 0.2) is 24.3 Å². The summed E-state index contributed by atoms with van der Waals surface area (Å²) in [7, 11) is 1.93. The third-order valence-electron chi connectivity index (χ3n) is 4.05. The van der Waals surface area contributed by atoms with Crippen LogP contribution >= 0.6 is 0 Å². The Kier molecular flexibility index (Phi) is 4.50. The minimum atomic E-state index is -0.245. The zero-order chi connectivity index (χ0) is 16.2. The van der Waals surface area contributed by atoms with E-state index < -0.39 is 0 Å². The molecule has 0 radical (unpaired) electrons. The van der Waals surface area contributed by atoms with Crippen LogP contribution in [0.25, 0.3) is 0 Å². The van der Waals surface area contributed by atoms with Crippen molar-refractivity contribution in [2.45, 2.75) is 32.7 Å². The van der Waals surface area contributed by atoms with Crippen LogP contribution in [0.4, 0.5) is 10.5 Å². The minimum Gasteiger partial charge on any atom is -0.492 e. The van der Waals surface area contributed by atoms with Gasteiger partial charge in [0.1, 0.15) is 5.75 Å². The number of anilines is 1. The quantitative estimate of drug-likeness (QED) is 0.891. The highest BCUT2D eigenvalue weighted by Gasteiger charge is 2.20. The first kappa shape index (κ1) is 15.4. The lowest BCUT2D eigenvalue weighted by atomic mass is 10.2. The predicted octanol–water partition coefficient (Wildman–Crippen LogP) is 2.63. The molecule has 122 valence electrons. The Balaban J connectivity index is 1.63. The molecule has 0 aliphatic heterocycles. The number of aryl methyl sites for hydroxylation is 2. The number of ether oxygens (including phenoxy) is 1. The van der Waals surface area contributed by atoms with Crippen LogP contribution in [0, 0.1) is 0 Å². The molecule has 0 bridgehead atoms. The number of nitrogens with zero attached hydrogens (tertiary/aromatic N) is 2. The number of aromatic nitrogens is 2. The largest absolute Gasteiger partial charge is 0.492 e. The van der Waals surface area contributed by atoms with Crippen LogP contribution in [0.2, 0.25) is 0 Å². The van der Waals surface area contributed by atoms with Crippen molar-refractivity contribution in [1.29, 1.82) is 0 Å². The lowest BCUT2D eigenvalue weighted by Crippen LogP contribution is -2.29. The molecular weight excluding hydrogens is 292 g/mol. The number of fused-ring (bicyclic) bond motifs is 1. The Hall–Kier alpha value is -2.50. The molecule has 0 unspecified atom stereocenters. The second kappa shape index (κ2) is 6.73. The molecule has 6 nitrogen and oxygen atoms in total. The highest BCUT2D eigenvalue weighted by Crippen LogP contribution is 2.25.